The molecule has 1 aromatic carbocycles. The lowest BCUT2D eigenvalue weighted by Crippen LogP contribution is -2.52. The van der Waals surface area contributed by atoms with Crippen LogP contribution in [0, 0.1) is 0 Å². The number of aromatic nitrogens is 1. The number of hydrogen-bond acceptors (Lipinski definition) is 6. The molecule has 1 amide bonds. The Kier molecular flexibility index (Phi) is 8.62. The average Bonchev–Trinajstić information content (AvgIpc) is 2.77. The fourth-order valence-corrected chi connectivity index (χ4v) is 3.75. The standard InChI is InChI=1S/C23H32N4O3/c1-19-17-26(11-12-27(19)13-14-28)18-21-6-2-3-8-22(21)30-15-5-10-25-23(29)20-7-4-9-24-16-20/h2-4,6-9,16,19,28H,5,10-15,17-18H2,1H3,(H,25,29). The molecule has 162 valence electrons. The monoisotopic (exact) mass is 412 g/mol. The van der Waals surface area contributed by atoms with Crippen molar-refractivity contribution in [1.82, 2.24) is 20.1 Å². The minimum absolute atomic E-state index is 0.113. The van der Waals surface area contributed by atoms with Crippen LogP contribution in [0.3, 0.4) is 0 Å². The highest BCUT2D eigenvalue weighted by molar-refractivity contribution is 5.93. The highest BCUT2D eigenvalue weighted by Crippen LogP contribution is 2.21. The zero-order valence-corrected chi connectivity index (χ0v) is 17.7. The van der Waals surface area contributed by atoms with Gasteiger partial charge in [-0.25, -0.2) is 0 Å². The number of hydrogen-bond donors (Lipinski definition) is 2. The smallest absolute Gasteiger partial charge is 0.252 e. The number of pyridine rings is 1. The molecule has 1 saturated heterocycles. The Morgan fingerprint density at radius 3 is 2.90 bits per heavy atom. The molecule has 1 aromatic heterocycles. The Morgan fingerprint density at radius 1 is 1.27 bits per heavy atom. The number of aliphatic hydroxyl groups is 1. The van der Waals surface area contributed by atoms with Gasteiger partial charge in [-0.05, 0) is 31.5 Å². The summed E-state index contributed by atoms with van der Waals surface area (Å²) in [6.45, 7) is 8.06. The Hall–Kier alpha value is -2.48. The first kappa shape index (κ1) is 22.2. The first-order valence-corrected chi connectivity index (χ1v) is 10.6. The van der Waals surface area contributed by atoms with E-state index in [1.165, 1.54) is 5.56 Å². The quantitative estimate of drug-likeness (QED) is 0.580. The van der Waals surface area contributed by atoms with E-state index < -0.39 is 0 Å². The van der Waals surface area contributed by atoms with Crippen LogP contribution >= 0.6 is 0 Å². The van der Waals surface area contributed by atoms with Gasteiger partial charge in [0.15, 0.2) is 0 Å². The van der Waals surface area contributed by atoms with Gasteiger partial charge in [-0.15, -0.1) is 0 Å². The van der Waals surface area contributed by atoms with Crippen LogP contribution in [0.4, 0.5) is 0 Å². The van der Waals surface area contributed by atoms with Gasteiger partial charge in [0.05, 0.1) is 18.8 Å². The Morgan fingerprint density at radius 2 is 2.13 bits per heavy atom. The number of amides is 1. The summed E-state index contributed by atoms with van der Waals surface area (Å²) < 4.78 is 6.02. The number of β-amino-alcohol motifs (C(OH)–C–C–N with tert-alkyl or cyclic N) is 1. The van der Waals surface area contributed by atoms with Crippen LogP contribution in [0.1, 0.15) is 29.3 Å². The lowest BCUT2D eigenvalue weighted by atomic mass is 10.1. The van der Waals surface area contributed by atoms with Gasteiger partial charge in [0.1, 0.15) is 5.75 Å². The minimum Gasteiger partial charge on any atom is -0.493 e. The van der Waals surface area contributed by atoms with Gasteiger partial charge in [-0.2, -0.15) is 0 Å². The number of rotatable bonds is 10. The van der Waals surface area contributed by atoms with Crippen molar-refractivity contribution in [2.24, 2.45) is 0 Å². The fourth-order valence-electron chi connectivity index (χ4n) is 3.75. The maximum atomic E-state index is 12.0. The molecule has 30 heavy (non-hydrogen) atoms. The van der Waals surface area contributed by atoms with Gasteiger partial charge >= 0.3 is 0 Å². The molecule has 1 atom stereocenters. The van der Waals surface area contributed by atoms with E-state index in [1.54, 1.807) is 24.5 Å². The molecule has 1 fully saturated rings. The largest absolute Gasteiger partial charge is 0.493 e. The first-order valence-electron chi connectivity index (χ1n) is 10.6. The molecular formula is C23H32N4O3. The maximum Gasteiger partial charge on any atom is 0.252 e. The van der Waals surface area contributed by atoms with Crippen molar-refractivity contribution in [2.45, 2.75) is 25.9 Å². The number of nitrogens with zero attached hydrogens (tertiary/aromatic N) is 3. The highest BCUT2D eigenvalue weighted by Gasteiger charge is 2.23. The second-order valence-electron chi connectivity index (χ2n) is 7.65. The summed E-state index contributed by atoms with van der Waals surface area (Å²) >= 11 is 0. The summed E-state index contributed by atoms with van der Waals surface area (Å²) in [6, 6.07) is 12.1. The molecule has 0 radical (unpaired) electrons. The summed E-state index contributed by atoms with van der Waals surface area (Å²) in [5.74, 6) is 0.791. The second-order valence-corrected chi connectivity index (χ2v) is 7.65. The molecule has 0 saturated carbocycles. The van der Waals surface area contributed by atoms with E-state index in [9.17, 15) is 9.90 Å². The van der Waals surface area contributed by atoms with Crippen molar-refractivity contribution in [1.29, 1.82) is 0 Å². The van der Waals surface area contributed by atoms with Crippen LogP contribution in [0.25, 0.3) is 0 Å². The normalized spacial score (nSPS) is 17.6. The van der Waals surface area contributed by atoms with Gasteiger partial charge in [0, 0.05) is 63.3 Å². The van der Waals surface area contributed by atoms with Crippen LogP contribution < -0.4 is 10.1 Å². The van der Waals surface area contributed by atoms with Crippen molar-refractivity contribution < 1.29 is 14.6 Å². The zero-order chi connectivity index (χ0) is 21.2. The molecule has 0 spiro atoms. The van der Waals surface area contributed by atoms with E-state index in [0.717, 1.165) is 44.9 Å². The lowest BCUT2D eigenvalue weighted by molar-refractivity contribution is 0.0642. The van der Waals surface area contributed by atoms with Crippen LogP contribution in [0.5, 0.6) is 5.75 Å². The van der Waals surface area contributed by atoms with E-state index in [-0.39, 0.29) is 12.5 Å². The molecule has 1 unspecified atom stereocenters. The Balaban J connectivity index is 1.42. The van der Waals surface area contributed by atoms with Crippen LogP contribution in [0.15, 0.2) is 48.8 Å². The van der Waals surface area contributed by atoms with E-state index in [1.807, 2.05) is 18.2 Å². The fraction of sp³-hybridized carbons (Fsp3) is 0.478. The van der Waals surface area contributed by atoms with Crippen LogP contribution in [-0.2, 0) is 6.54 Å². The SMILES string of the molecule is CC1CN(Cc2ccccc2OCCCNC(=O)c2cccnc2)CCN1CCO. The van der Waals surface area contributed by atoms with Crippen LogP contribution in [-0.4, -0.2) is 77.8 Å². The summed E-state index contributed by atoms with van der Waals surface area (Å²) in [5.41, 5.74) is 1.75. The van der Waals surface area contributed by atoms with Crippen LogP contribution in [0.2, 0.25) is 0 Å². The van der Waals surface area contributed by atoms with Crippen molar-refractivity contribution in [3.05, 3.63) is 59.9 Å². The third-order valence-electron chi connectivity index (χ3n) is 5.39. The van der Waals surface area contributed by atoms with Crippen molar-refractivity contribution in [2.75, 3.05) is 45.9 Å². The number of aliphatic hydroxyl groups excluding tert-OH is 1. The summed E-state index contributed by atoms with van der Waals surface area (Å²) in [6.07, 6.45) is 3.95. The summed E-state index contributed by atoms with van der Waals surface area (Å²) in [4.78, 5) is 20.8. The van der Waals surface area contributed by atoms with E-state index >= 15 is 0 Å². The molecule has 3 rings (SSSR count). The first-order chi connectivity index (χ1) is 14.7. The number of ether oxygens (including phenoxy) is 1. The molecule has 7 nitrogen and oxygen atoms in total. The van der Waals surface area contributed by atoms with Gasteiger partial charge < -0.3 is 15.2 Å². The number of nitrogens with one attached hydrogen (secondary N) is 1. The van der Waals surface area contributed by atoms with Gasteiger partial charge in [0.2, 0.25) is 0 Å². The minimum atomic E-state index is -0.113. The third-order valence-corrected chi connectivity index (χ3v) is 5.39. The molecular weight excluding hydrogens is 380 g/mol. The molecule has 7 heteroatoms. The Bertz CT molecular complexity index is 787. The molecule has 1 aliphatic rings. The third kappa shape index (κ3) is 6.52. The van der Waals surface area contributed by atoms with Gasteiger partial charge in [0.25, 0.3) is 5.91 Å². The number of para-hydroxylation sites is 1. The number of carbonyl (C=O) groups is 1. The topological polar surface area (TPSA) is 77.9 Å². The Labute approximate surface area is 178 Å². The maximum absolute atomic E-state index is 12.0. The average molecular weight is 413 g/mol. The molecule has 2 N–H and O–H groups in total. The van der Waals surface area contributed by atoms with E-state index in [4.69, 9.17) is 4.74 Å². The molecule has 2 aromatic rings. The van der Waals surface area contributed by atoms with Crippen molar-refractivity contribution in [3.63, 3.8) is 0 Å². The molecule has 1 aliphatic heterocycles. The summed E-state index contributed by atoms with van der Waals surface area (Å²) in [7, 11) is 0. The molecule has 0 bridgehead atoms. The van der Waals surface area contributed by atoms with E-state index in [2.05, 4.69) is 33.1 Å². The lowest BCUT2D eigenvalue weighted by Gasteiger charge is -2.39. The number of carbonyl (C=O) groups excluding carboxylic acids is 1. The van der Waals surface area contributed by atoms with Gasteiger partial charge in [-0.3, -0.25) is 19.6 Å². The van der Waals surface area contributed by atoms with Gasteiger partial charge in [-0.1, -0.05) is 18.2 Å². The number of benzene rings is 1. The van der Waals surface area contributed by atoms with Crippen molar-refractivity contribution in [3.8, 4) is 5.75 Å². The molecule has 2 heterocycles. The second kappa shape index (κ2) is 11.6. The highest BCUT2D eigenvalue weighted by atomic mass is 16.5. The summed E-state index contributed by atoms with van der Waals surface area (Å²) in [5, 5.41) is 12.1. The van der Waals surface area contributed by atoms with Crippen molar-refractivity contribution >= 4 is 5.91 Å². The number of piperazine rings is 1. The zero-order valence-electron chi connectivity index (χ0n) is 17.7. The van der Waals surface area contributed by atoms with E-state index in [0.29, 0.717) is 24.8 Å². The predicted molar refractivity (Wildman–Crippen MR) is 117 cm³/mol. The predicted octanol–water partition coefficient (Wildman–Crippen LogP) is 1.78. The molecule has 0 aliphatic carbocycles.